The number of carbonyl (C=O) groups excluding carboxylic acids is 2. The van der Waals surface area contributed by atoms with Gasteiger partial charge in [-0.2, -0.15) is 0 Å². The molecule has 0 saturated carbocycles. The van der Waals surface area contributed by atoms with E-state index in [9.17, 15) is 9.59 Å². The number of likely N-dealkylation sites (tertiary alicyclic amines) is 1. The third-order valence-corrected chi connectivity index (χ3v) is 5.70. The number of nitrogens with zero attached hydrogens (tertiary/aromatic N) is 2. The smallest absolute Gasteiger partial charge is 0.267 e. The molecule has 0 spiro atoms. The van der Waals surface area contributed by atoms with E-state index in [-0.39, 0.29) is 18.4 Å². The highest BCUT2D eigenvalue weighted by molar-refractivity contribution is 5.82. The van der Waals surface area contributed by atoms with Crippen molar-refractivity contribution in [2.75, 3.05) is 19.7 Å². The van der Waals surface area contributed by atoms with Crippen LogP contribution in [-0.2, 0) is 16.1 Å². The Bertz CT molecular complexity index is 866. The van der Waals surface area contributed by atoms with E-state index in [1.807, 2.05) is 41.3 Å². The Labute approximate surface area is 176 Å². The van der Waals surface area contributed by atoms with Crippen LogP contribution in [0, 0.1) is 5.92 Å². The topological polar surface area (TPSA) is 80.8 Å². The van der Waals surface area contributed by atoms with Crippen molar-refractivity contribution in [3.8, 4) is 11.5 Å². The molecule has 1 aromatic carbocycles. The van der Waals surface area contributed by atoms with Gasteiger partial charge in [-0.15, -0.1) is 0 Å². The molecule has 0 aliphatic carbocycles. The number of nitrogens with one attached hydrogen (secondary N) is 1. The van der Waals surface area contributed by atoms with Gasteiger partial charge in [0, 0.05) is 38.4 Å². The molecule has 30 heavy (non-hydrogen) atoms. The van der Waals surface area contributed by atoms with Gasteiger partial charge in [-0.3, -0.25) is 14.6 Å². The van der Waals surface area contributed by atoms with Crippen LogP contribution in [0.1, 0.15) is 31.2 Å². The first-order valence-electron chi connectivity index (χ1n) is 10.5. The molecule has 7 nitrogen and oxygen atoms in total. The van der Waals surface area contributed by atoms with Gasteiger partial charge in [0.15, 0.2) is 11.5 Å². The second kappa shape index (κ2) is 9.61. The number of amides is 2. The lowest BCUT2D eigenvalue weighted by atomic mass is 9.92. The van der Waals surface area contributed by atoms with Crippen molar-refractivity contribution in [2.45, 2.75) is 38.3 Å². The van der Waals surface area contributed by atoms with Gasteiger partial charge in [0.25, 0.3) is 5.91 Å². The molecule has 1 aromatic heterocycles. The molecule has 2 amide bonds. The molecule has 1 atom stereocenters. The predicted molar refractivity (Wildman–Crippen MR) is 111 cm³/mol. The van der Waals surface area contributed by atoms with Crippen molar-refractivity contribution >= 4 is 11.8 Å². The Morgan fingerprint density at radius 1 is 1.10 bits per heavy atom. The van der Waals surface area contributed by atoms with Crippen LogP contribution >= 0.6 is 0 Å². The van der Waals surface area contributed by atoms with Crippen LogP contribution in [0.3, 0.4) is 0 Å². The molecule has 4 rings (SSSR count). The summed E-state index contributed by atoms with van der Waals surface area (Å²) < 4.78 is 11.5. The van der Waals surface area contributed by atoms with E-state index in [4.69, 9.17) is 9.47 Å². The molecule has 2 aliphatic heterocycles. The maximum atomic E-state index is 12.8. The highest BCUT2D eigenvalue weighted by Gasteiger charge is 2.33. The van der Waals surface area contributed by atoms with E-state index in [0.29, 0.717) is 43.5 Å². The van der Waals surface area contributed by atoms with Crippen molar-refractivity contribution in [2.24, 2.45) is 5.92 Å². The normalized spacial score (nSPS) is 18.7. The molecule has 1 unspecified atom stereocenters. The Hall–Kier alpha value is -3.09. The molecule has 7 heteroatoms. The van der Waals surface area contributed by atoms with Gasteiger partial charge in [0.1, 0.15) is 6.61 Å². The van der Waals surface area contributed by atoms with Crippen LogP contribution in [0.2, 0.25) is 0 Å². The second-order valence-corrected chi connectivity index (χ2v) is 7.81. The van der Waals surface area contributed by atoms with Crippen LogP contribution in [0.25, 0.3) is 0 Å². The summed E-state index contributed by atoms with van der Waals surface area (Å²) in [5, 5.41) is 2.94. The molecule has 0 radical (unpaired) electrons. The van der Waals surface area contributed by atoms with Crippen molar-refractivity contribution in [3.63, 3.8) is 0 Å². The summed E-state index contributed by atoms with van der Waals surface area (Å²) in [4.78, 5) is 30.8. The van der Waals surface area contributed by atoms with Crippen molar-refractivity contribution in [1.82, 2.24) is 15.2 Å². The zero-order chi connectivity index (χ0) is 20.8. The van der Waals surface area contributed by atoms with E-state index < -0.39 is 6.10 Å². The highest BCUT2D eigenvalue weighted by atomic mass is 16.6. The first-order valence-corrected chi connectivity index (χ1v) is 10.5. The molecular weight excluding hydrogens is 382 g/mol. The standard InChI is InChI=1S/C23H27N3O4/c27-22(25-15-18-4-3-11-24-14-18)8-7-17-9-12-26(13-10-17)23(28)21-16-29-19-5-1-2-6-20(19)30-21/h1-6,11,14,17,21H,7-10,12-13,15-16H2,(H,25,27). The van der Waals surface area contributed by atoms with E-state index in [2.05, 4.69) is 10.3 Å². The van der Waals surface area contributed by atoms with Gasteiger partial charge < -0.3 is 19.7 Å². The number of benzene rings is 1. The van der Waals surface area contributed by atoms with Crippen LogP contribution in [0.15, 0.2) is 48.8 Å². The molecule has 0 bridgehead atoms. The van der Waals surface area contributed by atoms with E-state index in [0.717, 1.165) is 24.8 Å². The van der Waals surface area contributed by atoms with Crippen LogP contribution in [0.4, 0.5) is 0 Å². The number of carbonyl (C=O) groups is 2. The van der Waals surface area contributed by atoms with Gasteiger partial charge >= 0.3 is 0 Å². The number of piperidine rings is 1. The summed E-state index contributed by atoms with van der Waals surface area (Å²) in [5.74, 6) is 1.81. The molecule has 1 saturated heterocycles. The van der Waals surface area contributed by atoms with Gasteiger partial charge in [0.2, 0.25) is 12.0 Å². The van der Waals surface area contributed by atoms with Gasteiger partial charge in [-0.05, 0) is 48.9 Å². The zero-order valence-electron chi connectivity index (χ0n) is 17.0. The number of ether oxygens (including phenoxy) is 2. The van der Waals surface area contributed by atoms with Crippen LogP contribution < -0.4 is 14.8 Å². The van der Waals surface area contributed by atoms with Gasteiger partial charge in [-0.1, -0.05) is 18.2 Å². The molecule has 2 aromatic rings. The Balaban J connectivity index is 1.17. The number of para-hydroxylation sites is 2. The third kappa shape index (κ3) is 5.09. The number of fused-ring (bicyclic) bond motifs is 1. The fourth-order valence-electron chi connectivity index (χ4n) is 3.91. The number of aromatic nitrogens is 1. The SMILES string of the molecule is O=C(CCC1CCN(C(=O)C2COc3ccccc3O2)CC1)NCc1cccnc1. The number of pyridine rings is 1. The summed E-state index contributed by atoms with van der Waals surface area (Å²) in [7, 11) is 0. The maximum absolute atomic E-state index is 12.8. The number of rotatable bonds is 6. The minimum atomic E-state index is -0.588. The first kappa shape index (κ1) is 20.2. The van der Waals surface area contributed by atoms with Crippen molar-refractivity contribution in [3.05, 3.63) is 54.4 Å². The Morgan fingerprint density at radius 3 is 2.67 bits per heavy atom. The lowest BCUT2D eigenvalue weighted by Crippen LogP contribution is -2.49. The number of hydrogen-bond donors (Lipinski definition) is 1. The van der Waals surface area contributed by atoms with E-state index in [1.54, 1.807) is 12.4 Å². The van der Waals surface area contributed by atoms with Crippen LogP contribution in [0.5, 0.6) is 11.5 Å². The first-order chi connectivity index (χ1) is 14.7. The second-order valence-electron chi connectivity index (χ2n) is 7.81. The van der Waals surface area contributed by atoms with Crippen molar-refractivity contribution < 1.29 is 19.1 Å². The minimum absolute atomic E-state index is 0.0165. The average Bonchev–Trinajstić information content (AvgIpc) is 2.81. The Kier molecular flexibility index (Phi) is 6.47. The molecular formula is C23H27N3O4. The Morgan fingerprint density at radius 2 is 1.90 bits per heavy atom. The largest absolute Gasteiger partial charge is 0.485 e. The monoisotopic (exact) mass is 409 g/mol. The molecule has 1 fully saturated rings. The average molecular weight is 409 g/mol. The minimum Gasteiger partial charge on any atom is -0.485 e. The third-order valence-electron chi connectivity index (χ3n) is 5.70. The zero-order valence-corrected chi connectivity index (χ0v) is 17.0. The van der Waals surface area contributed by atoms with E-state index >= 15 is 0 Å². The molecule has 1 N–H and O–H groups in total. The van der Waals surface area contributed by atoms with Crippen molar-refractivity contribution in [1.29, 1.82) is 0 Å². The fraction of sp³-hybridized carbons (Fsp3) is 0.435. The van der Waals surface area contributed by atoms with Gasteiger partial charge in [0.05, 0.1) is 0 Å². The van der Waals surface area contributed by atoms with Crippen LogP contribution in [-0.4, -0.2) is 47.5 Å². The fourth-order valence-corrected chi connectivity index (χ4v) is 3.91. The van der Waals surface area contributed by atoms with E-state index in [1.165, 1.54) is 0 Å². The van der Waals surface area contributed by atoms with Gasteiger partial charge in [-0.25, -0.2) is 0 Å². The maximum Gasteiger partial charge on any atom is 0.267 e. The molecule has 2 aliphatic rings. The summed E-state index contributed by atoms with van der Waals surface area (Å²) in [6, 6.07) is 11.2. The quantitative estimate of drug-likeness (QED) is 0.793. The lowest BCUT2D eigenvalue weighted by Gasteiger charge is -2.35. The molecule has 3 heterocycles. The molecule has 158 valence electrons. The summed E-state index contributed by atoms with van der Waals surface area (Å²) >= 11 is 0. The summed E-state index contributed by atoms with van der Waals surface area (Å²) in [5.41, 5.74) is 0.995. The lowest BCUT2D eigenvalue weighted by molar-refractivity contribution is -0.142. The summed E-state index contributed by atoms with van der Waals surface area (Å²) in [6.45, 7) is 2.14. The highest BCUT2D eigenvalue weighted by Crippen LogP contribution is 2.32. The number of hydrogen-bond acceptors (Lipinski definition) is 5. The predicted octanol–water partition coefficient (Wildman–Crippen LogP) is 2.56. The summed E-state index contributed by atoms with van der Waals surface area (Å²) in [6.07, 6.45) is 6.06.